The van der Waals surface area contributed by atoms with E-state index in [1.54, 1.807) is 43.5 Å². The number of carbonyl (C=O) groups is 2. The quantitative estimate of drug-likeness (QED) is 0.400. The van der Waals surface area contributed by atoms with Gasteiger partial charge in [0.15, 0.2) is 5.82 Å². The van der Waals surface area contributed by atoms with E-state index in [0.29, 0.717) is 35.0 Å². The lowest BCUT2D eigenvalue weighted by molar-refractivity contribution is -0.128. The molecule has 2 heterocycles. The van der Waals surface area contributed by atoms with Gasteiger partial charge in [-0.1, -0.05) is 24.4 Å². The molecule has 9 heteroatoms. The first-order chi connectivity index (χ1) is 15.6. The molecule has 1 aliphatic carbocycles. The summed E-state index contributed by atoms with van der Waals surface area (Å²) in [6.45, 7) is 0.800. The Balaban J connectivity index is 1.57. The zero-order valence-corrected chi connectivity index (χ0v) is 18.4. The van der Waals surface area contributed by atoms with Crippen LogP contribution in [0.3, 0.4) is 0 Å². The van der Waals surface area contributed by atoms with Gasteiger partial charge in [-0.05, 0) is 30.9 Å². The molecule has 0 aliphatic heterocycles. The number of nitrogens with zero attached hydrogens (tertiary/aromatic N) is 3. The van der Waals surface area contributed by atoms with E-state index in [-0.39, 0.29) is 19.0 Å². The lowest BCUT2D eigenvalue weighted by Crippen LogP contribution is -2.40. The molecule has 1 aliphatic rings. The van der Waals surface area contributed by atoms with Gasteiger partial charge in [0.05, 0.1) is 12.7 Å². The summed E-state index contributed by atoms with van der Waals surface area (Å²) in [5.74, 6) is 0.593. The number of carbonyl (C=O) groups excluding carboxylic acids is 2. The van der Waals surface area contributed by atoms with Gasteiger partial charge >= 0.3 is 0 Å². The molecule has 9 nitrogen and oxygen atoms in total. The molecule has 1 fully saturated rings. The molecule has 3 aromatic rings. The second kappa shape index (κ2) is 9.95. The number of benzene rings is 1. The Bertz CT molecular complexity index is 1080. The van der Waals surface area contributed by atoms with Crippen LogP contribution in [0.25, 0.3) is 10.9 Å². The highest BCUT2D eigenvalue weighted by Crippen LogP contribution is 2.27. The number of fused-ring (bicyclic) bond motifs is 1. The molecule has 4 rings (SSSR count). The van der Waals surface area contributed by atoms with E-state index in [9.17, 15) is 9.59 Å². The summed E-state index contributed by atoms with van der Waals surface area (Å²) in [5, 5.41) is 4.55. The fourth-order valence-electron chi connectivity index (χ4n) is 4.28. The third-order valence-electron chi connectivity index (χ3n) is 5.93. The highest BCUT2D eigenvalue weighted by molar-refractivity contribution is 6.44. The van der Waals surface area contributed by atoms with E-state index >= 15 is 0 Å². The molecule has 1 aromatic carbocycles. The lowest BCUT2D eigenvalue weighted by atomic mass is 9.89. The topological polar surface area (TPSA) is 111 Å². The van der Waals surface area contributed by atoms with Gasteiger partial charge in [-0.15, -0.1) is 0 Å². The highest BCUT2D eigenvalue weighted by Gasteiger charge is 2.29. The van der Waals surface area contributed by atoms with Gasteiger partial charge in [0.1, 0.15) is 18.9 Å². The Morgan fingerprint density at radius 2 is 2.03 bits per heavy atom. The number of Topliss-reactive ketones (excluding diaryl/α,β-unsaturated/α-hetero) is 1. The average molecular weight is 441 g/mol. The first kappa shape index (κ1) is 22.0. The third kappa shape index (κ3) is 4.83. The van der Waals surface area contributed by atoms with Crippen LogP contribution in [0, 0.1) is 5.92 Å². The van der Waals surface area contributed by atoms with Crippen molar-refractivity contribution in [3.05, 3.63) is 41.7 Å². The van der Waals surface area contributed by atoms with Gasteiger partial charge in [-0.2, -0.15) is 4.98 Å². The van der Waals surface area contributed by atoms with Crippen LogP contribution in [0.15, 0.2) is 28.9 Å². The molecular formula is C23H28N4O5. The van der Waals surface area contributed by atoms with Crippen molar-refractivity contribution in [2.45, 2.75) is 45.3 Å². The van der Waals surface area contributed by atoms with E-state index in [1.165, 1.54) is 6.42 Å². The maximum atomic E-state index is 13.3. The maximum absolute atomic E-state index is 13.3. The predicted molar refractivity (Wildman–Crippen MR) is 116 cm³/mol. The number of H-pyrrole nitrogens is 1. The summed E-state index contributed by atoms with van der Waals surface area (Å²) in [6, 6.07) is 5.35. The van der Waals surface area contributed by atoms with Crippen LogP contribution in [0.1, 0.15) is 54.2 Å². The number of nitrogens with one attached hydrogen (secondary N) is 1. The molecule has 170 valence electrons. The lowest BCUT2D eigenvalue weighted by Gasteiger charge is -2.28. The Hall–Kier alpha value is -3.20. The van der Waals surface area contributed by atoms with Gasteiger partial charge in [0, 0.05) is 36.8 Å². The number of ketones is 1. The van der Waals surface area contributed by atoms with Crippen molar-refractivity contribution in [3.63, 3.8) is 0 Å². The van der Waals surface area contributed by atoms with Crippen molar-refractivity contribution in [1.29, 1.82) is 0 Å². The average Bonchev–Trinajstić information content (AvgIpc) is 3.45. The van der Waals surface area contributed by atoms with Crippen molar-refractivity contribution < 1.29 is 23.6 Å². The van der Waals surface area contributed by atoms with Crippen LogP contribution < -0.4 is 4.74 Å². The summed E-state index contributed by atoms with van der Waals surface area (Å²) in [7, 11) is 3.13. The summed E-state index contributed by atoms with van der Waals surface area (Å²) in [5.41, 5.74) is 1.08. The largest absolute Gasteiger partial charge is 0.497 e. The van der Waals surface area contributed by atoms with Crippen molar-refractivity contribution in [1.82, 2.24) is 20.0 Å². The maximum Gasteiger partial charge on any atom is 0.295 e. The van der Waals surface area contributed by atoms with Crippen LogP contribution in [0.4, 0.5) is 0 Å². The second-order valence-electron chi connectivity index (χ2n) is 8.17. The second-order valence-corrected chi connectivity index (χ2v) is 8.17. The van der Waals surface area contributed by atoms with E-state index < -0.39 is 11.7 Å². The Labute approximate surface area is 186 Å². The van der Waals surface area contributed by atoms with Crippen LogP contribution in [0.2, 0.25) is 0 Å². The zero-order valence-electron chi connectivity index (χ0n) is 18.4. The zero-order chi connectivity index (χ0) is 22.5. The Kier molecular flexibility index (Phi) is 6.84. The van der Waals surface area contributed by atoms with E-state index in [0.717, 1.165) is 31.2 Å². The number of aromatic amines is 1. The standard InChI is InChI=1S/C23H28N4O5/c1-30-14-20-25-21(32-26-20)13-27(12-15-6-4-3-5-7-15)23(29)22(28)18-11-24-19-10-16(31-2)8-9-17(18)19/h8-11,15,24H,3-7,12-14H2,1-2H3. The summed E-state index contributed by atoms with van der Waals surface area (Å²) >= 11 is 0. The minimum Gasteiger partial charge on any atom is -0.497 e. The third-order valence-corrected chi connectivity index (χ3v) is 5.93. The first-order valence-electron chi connectivity index (χ1n) is 10.9. The number of hydrogen-bond donors (Lipinski definition) is 1. The van der Waals surface area contributed by atoms with Gasteiger partial charge in [0.2, 0.25) is 5.89 Å². The van der Waals surface area contributed by atoms with Crippen molar-refractivity contribution in [2.24, 2.45) is 5.92 Å². The normalized spacial score (nSPS) is 14.6. The number of aromatic nitrogens is 3. The molecule has 0 bridgehead atoms. The predicted octanol–water partition coefficient (Wildman–Crippen LogP) is 3.50. The van der Waals surface area contributed by atoms with Crippen LogP contribution in [-0.4, -0.2) is 52.5 Å². The number of ether oxygens (including phenoxy) is 2. The molecule has 0 radical (unpaired) electrons. The molecule has 0 saturated heterocycles. The van der Waals surface area contributed by atoms with Crippen molar-refractivity contribution >= 4 is 22.6 Å². The minimum atomic E-state index is -0.571. The van der Waals surface area contributed by atoms with Crippen LogP contribution in [0.5, 0.6) is 5.75 Å². The smallest absolute Gasteiger partial charge is 0.295 e. The highest BCUT2D eigenvalue weighted by atomic mass is 16.5. The molecular weight excluding hydrogens is 412 g/mol. The van der Waals surface area contributed by atoms with Gasteiger partial charge in [-0.25, -0.2) is 0 Å². The van der Waals surface area contributed by atoms with Crippen LogP contribution >= 0.6 is 0 Å². The van der Waals surface area contributed by atoms with Gasteiger partial charge in [0.25, 0.3) is 11.7 Å². The van der Waals surface area contributed by atoms with Crippen LogP contribution in [-0.2, 0) is 22.7 Å². The SMILES string of the molecule is COCc1noc(CN(CC2CCCCC2)C(=O)C(=O)c2c[nH]c3cc(OC)ccc23)n1. The summed E-state index contributed by atoms with van der Waals surface area (Å²) in [6.07, 6.45) is 7.17. The Morgan fingerprint density at radius 3 is 2.78 bits per heavy atom. The summed E-state index contributed by atoms with van der Waals surface area (Å²) in [4.78, 5) is 35.5. The number of hydrogen-bond acceptors (Lipinski definition) is 7. The molecule has 2 aromatic heterocycles. The molecule has 32 heavy (non-hydrogen) atoms. The minimum absolute atomic E-state index is 0.0912. The molecule has 0 atom stereocenters. The molecule has 1 saturated carbocycles. The number of methoxy groups -OCH3 is 2. The fourth-order valence-corrected chi connectivity index (χ4v) is 4.28. The van der Waals surface area contributed by atoms with Gasteiger partial charge < -0.3 is 23.9 Å². The Morgan fingerprint density at radius 1 is 1.22 bits per heavy atom. The first-order valence-corrected chi connectivity index (χ1v) is 10.9. The monoisotopic (exact) mass is 440 g/mol. The fraction of sp³-hybridized carbons (Fsp3) is 0.478. The molecule has 1 amide bonds. The van der Waals surface area contributed by atoms with Crippen molar-refractivity contribution in [3.8, 4) is 5.75 Å². The van der Waals surface area contributed by atoms with E-state index in [4.69, 9.17) is 14.0 Å². The molecule has 0 spiro atoms. The van der Waals surface area contributed by atoms with E-state index in [2.05, 4.69) is 15.1 Å². The van der Waals surface area contributed by atoms with E-state index in [1.807, 2.05) is 0 Å². The van der Waals surface area contributed by atoms with Crippen molar-refractivity contribution in [2.75, 3.05) is 20.8 Å². The molecule has 0 unspecified atom stereocenters. The van der Waals surface area contributed by atoms with Gasteiger partial charge in [-0.3, -0.25) is 9.59 Å². The molecule has 1 N–H and O–H groups in total. The summed E-state index contributed by atoms with van der Waals surface area (Å²) < 4.78 is 15.6. The number of rotatable bonds is 9. The number of amides is 1.